The predicted octanol–water partition coefficient (Wildman–Crippen LogP) is 4.96. The topological polar surface area (TPSA) is 92.9 Å². The second kappa shape index (κ2) is 9.32. The minimum atomic E-state index is -0.837. The Hall–Kier alpha value is -3.87. The number of rotatable bonds is 7. The number of carbonyl (C=O) groups excluding carboxylic acids is 2. The molecule has 1 amide bonds. The number of aryl methyl sites for hydroxylation is 2. The van der Waals surface area contributed by atoms with Gasteiger partial charge in [0.15, 0.2) is 5.82 Å². The van der Waals surface area contributed by atoms with Crippen LogP contribution in [-0.2, 0) is 16.0 Å². The molecule has 1 aliphatic rings. The molecule has 1 atom stereocenters. The van der Waals surface area contributed by atoms with E-state index in [0.717, 1.165) is 18.4 Å². The van der Waals surface area contributed by atoms with Gasteiger partial charge in [-0.1, -0.05) is 43.3 Å². The van der Waals surface area contributed by atoms with Gasteiger partial charge in [0.05, 0.1) is 18.2 Å². The maximum absolute atomic E-state index is 13.1. The van der Waals surface area contributed by atoms with Crippen LogP contribution in [0.1, 0.15) is 48.8 Å². The Labute approximate surface area is 192 Å². The lowest BCUT2D eigenvalue weighted by Crippen LogP contribution is -2.29. The molecule has 0 aliphatic carbocycles. The summed E-state index contributed by atoms with van der Waals surface area (Å²) in [5.41, 5.74) is 2.24. The van der Waals surface area contributed by atoms with E-state index in [2.05, 4.69) is 5.16 Å². The molecule has 3 aromatic rings. The molecule has 7 heteroatoms. The number of hydrogen-bond acceptors (Lipinski definition) is 6. The number of aromatic nitrogens is 1. The Morgan fingerprint density at radius 3 is 2.36 bits per heavy atom. The van der Waals surface area contributed by atoms with E-state index < -0.39 is 17.7 Å². The molecule has 1 saturated heterocycles. The fourth-order valence-corrected chi connectivity index (χ4v) is 3.87. The molecule has 7 nitrogen and oxygen atoms in total. The zero-order valence-corrected chi connectivity index (χ0v) is 18.9. The molecule has 2 heterocycles. The molecular weight excluding hydrogens is 420 g/mol. The minimum absolute atomic E-state index is 0.00660. The molecule has 170 valence electrons. The highest BCUT2D eigenvalue weighted by Gasteiger charge is 2.48. The molecule has 4 rings (SSSR count). The highest BCUT2D eigenvalue weighted by Crippen LogP contribution is 2.42. The number of aliphatic hydroxyl groups excluding tert-OH is 1. The normalized spacial score (nSPS) is 17.5. The maximum atomic E-state index is 13.1. The Kier molecular flexibility index (Phi) is 6.31. The highest BCUT2D eigenvalue weighted by molar-refractivity contribution is 6.51. The van der Waals surface area contributed by atoms with E-state index in [4.69, 9.17) is 9.26 Å². The van der Waals surface area contributed by atoms with Gasteiger partial charge in [0.2, 0.25) is 0 Å². The third-order valence-corrected chi connectivity index (χ3v) is 5.61. The summed E-state index contributed by atoms with van der Waals surface area (Å²) in [6.45, 7) is 6.36. The number of Topliss-reactive ketones (excluding diaryl/α,β-unsaturated/α-hetero) is 1. The average Bonchev–Trinajstić information content (AvgIpc) is 3.38. The Morgan fingerprint density at radius 1 is 1.09 bits per heavy atom. The number of ketones is 1. The van der Waals surface area contributed by atoms with Crippen molar-refractivity contribution in [3.05, 3.63) is 82.6 Å². The van der Waals surface area contributed by atoms with Gasteiger partial charge in [-0.15, -0.1) is 0 Å². The number of carbonyl (C=O) groups is 2. The van der Waals surface area contributed by atoms with Crippen molar-refractivity contribution < 1.29 is 24.0 Å². The van der Waals surface area contributed by atoms with Crippen LogP contribution in [0.15, 0.2) is 64.7 Å². The summed E-state index contributed by atoms with van der Waals surface area (Å²) >= 11 is 0. The Balaban J connectivity index is 1.83. The summed E-state index contributed by atoms with van der Waals surface area (Å²) in [5, 5.41) is 15.1. The number of amides is 1. The molecule has 0 spiro atoms. The first-order chi connectivity index (χ1) is 15.9. The molecule has 1 fully saturated rings. The van der Waals surface area contributed by atoms with Crippen LogP contribution in [0, 0.1) is 6.92 Å². The first-order valence-electron chi connectivity index (χ1n) is 11.0. The highest BCUT2D eigenvalue weighted by atomic mass is 16.5. The molecule has 1 aliphatic heterocycles. The predicted molar refractivity (Wildman–Crippen MR) is 124 cm³/mol. The van der Waals surface area contributed by atoms with E-state index in [1.165, 1.54) is 4.90 Å². The van der Waals surface area contributed by atoms with Gasteiger partial charge in [0, 0.05) is 11.6 Å². The van der Waals surface area contributed by atoms with Gasteiger partial charge < -0.3 is 14.4 Å². The number of hydrogen-bond donors (Lipinski definition) is 1. The van der Waals surface area contributed by atoms with E-state index in [-0.39, 0.29) is 17.2 Å². The average molecular weight is 447 g/mol. The monoisotopic (exact) mass is 446 g/mol. The Bertz CT molecular complexity index is 1190. The number of benzene rings is 2. The number of ether oxygens (including phenoxy) is 1. The standard InChI is InChI=1S/C26H26N2O5/c1-4-14-32-20-12-10-19(11-13-20)24(29)22-23(18-8-6-17(5-2)7-9-18)28(26(31)25(22)30)21-15-16(3)33-27-21/h6-13,15,23,29H,4-5,14H2,1-3H3. The number of aliphatic hydroxyl groups is 1. The van der Waals surface area contributed by atoms with E-state index in [9.17, 15) is 14.7 Å². The van der Waals surface area contributed by atoms with E-state index in [1.807, 2.05) is 38.1 Å². The number of nitrogens with zero attached hydrogens (tertiary/aromatic N) is 2. The van der Waals surface area contributed by atoms with Gasteiger partial charge in [-0.3, -0.25) is 14.5 Å². The maximum Gasteiger partial charge on any atom is 0.301 e. The van der Waals surface area contributed by atoms with Crippen LogP contribution >= 0.6 is 0 Å². The molecule has 0 bridgehead atoms. The molecule has 33 heavy (non-hydrogen) atoms. The van der Waals surface area contributed by atoms with Crippen molar-refractivity contribution in [2.24, 2.45) is 0 Å². The summed E-state index contributed by atoms with van der Waals surface area (Å²) in [5.74, 6) is -0.390. The molecule has 0 saturated carbocycles. The van der Waals surface area contributed by atoms with Crippen LogP contribution in [0.5, 0.6) is 5.75 Å². The first kappa shape index (κ1) is 22.3. The molecular formula is C26H26N2O5. The van der Waals surface area contributed by atoms with E-state index in [1.54, 1.807) is 37.3 Å². The number of anilines is 1. The van der Waals surface area contributed by atoms with Crippen LogP contribution in [0.25, 0.3) is 5.76 Å². The molecule has 1 N–H and O–H groups in total. The van der Waals surface area contributed by atoms with E-state index >= 15 is 0 Å². The van der Waals surface area contributed by atoms with Gasteiger partial charge in [-0.2, -0.15) is 0 Å². The molecule has 1 unspecified atom stereocenters. The van der Waals surface area contributed by atoms with Crippen LogP contribution in [0.4, 0.5) is 5.82 Å². The van der Waals surface area contributed by atoms with Crippen molar-refractivity contribution in [1.82, 2.24) is 5.16 Å². The smallest absolute Gasteiger partial charge is 0.301 e. The minimum Gasteiger partial charge on any atom is -0.507 e. The van der Waals surface area contributed by atoms with Gasteiger partial charge in [-0.25, -0.2) is 0 Å². The van der Waals surface area contributed by atoms with Crippen LogP contribution in [0.3, 0.4) is 0 Å². The van der Waals surface area contributed by atoms with Crippen LogP contribution in [0.2, 0.25) is 0 Å². The van der Waals surface area contributed by atoms with Crippen LogP contribution in [-0.4, -0.2) is 28.6 Å². The van der Waals surface area contributed by atoms with Gasteiger partial charge in [0.1, 0.15) is 17.3 Å². The quantitative estimate of drug-likeness (QED) is 0.313. The van der Waals surface area contributed by atoms with E-state index in [0.29, 0.717) is 29.2 Å². The summed E-state index contributed by atoms with van der Waals surface area (Å²) in [6.07, 6.45) is 1.74. The summed E-state index contributed by atoms with van der Waals surface area (Å²) in [4.78, 5) is 27.5. The van der Waals surface area contributed by atoms with Gasteiger partial charge in [-0.05, 0) is 55.2 Å². The summed E-state index contributed by atoms with van der Waals surface area (Å²) in [6, 6.07) is 15.2. The third kappa shape index (κ3) is 4.26. The molecule has 1 aromatic heterocycles. The molecule has 2 aromatic carbocycles. The lowest BCUT2D eigenvalue weighted by atomic mass is 9.94. The van der Waals surface area contributed by atoms with Crippen molar-refractivity contribution in [3.63, 3.8) is 0 Å². The van der Waals surface area contributed by atoms with Crippen LogP contribution < -0.4 is 9.64 Å². The zero-order chi connectivity index (χ0) is 23.5. The third-order valence-electron chi connectivity index (χ3n) is 5.61. The SMILES string of the molecule is CCCOc1ccc(C(O)=C2C(=O)C(=O)N(c3cc(C)on3)C2c2ccc(CC)cc2)cc1. The summed E-state index contributed by atoms with van der Waals surface area (Å²) < 4.78 is 10.8. The first-order valence-corrected chi connectivity index (χ1v) is 11.0. The second-order valence-electron chi connectivity index (χ2n) is 7.93. The van der Waals surface area contributed by atoms with Gasteiger partial charge in [0.25, 0.3) is 5.78 Å². The van der Waals surface area contributed by atoms with Crippen molar-refractivity contribution in [2.45, 2.75) is 39.7 Å². The Morgan fingerprint density at radius 2 is 1.79 bits per heavy atom. The van der Waals surface area contributed by atoms with Crippen molar-refractivity contribution in [2.75, 3.05) is 11.5 Å². The van der Waals surface area contributed by atoms with Crippen molar-refractivity contribution >= 4 is 23.3 Å². The molecule has 0 radical (unpaired) electrons. The van der Waals surface area contributed by atoms with Crippen molar-refractivity contribution in [3.8, 4) is 5.75 Å². The summed E-state index contributed by atoms with van der Waals surface area (Å²) in [7, 11) is 0. The second-order valence-corrected chi connectivity index (χ2v) is 7.93. The fourth-order valence-electron chi connectivity index (χ4n) is 3.87. The lowest BCUT2D eigenvalue weighted by molar-refractivity contribution is -0.132. The lowest BCUT2D eigenvalue weighted by Gasteiger charge is -2.23. The largest absolute Gasteiger partial charge is 0.507 e. The zero-order valence-electron chi connectivity index (χ0n) is 18.9. The van der Waals surface area contributed by atoms with Crippen molar-refractivity contribution in [1.29, 1.82) is 0 Å². The van der Waals surface area contributed by atoms with Gasteiger partial charge >= 0.3 is 5.91 Å². The fraction of sp³-hybridized carbons (Fsp3) is 0.269.